The Labute approximate surface area is 197 Å². The summed E-state index contributed by atoms with van der Waals surface area (Å²) in [6.07, 6.45) is 0. The number of hydrogen-bond acceptors (Lipinski definition) is 6. The summed E-state index contributed by atoms with van der Waals surface area (Å²) in [5.74, 6) is 0.0672. The number of benzene rings is 2. The first-order chi connectivity index (χ1) is 16.2. The second kappa shape index (κ2) is 9.26. The van der Waals surface area contributed by atoms with E-state index >= 15 is 0 Å². The highest BCUT2D eigenvalue weighted by molar-refractivity contribution is 7.92. The number of nitrogens with zero attached hydrogens (tertiary/aromatic N) is 3. The molecule has 180 valence electrons. The third-order valence-electron chi connectivity index (χ3n) is 5.62. The van der Waals surface area contributed by atoms with Gasteiger partial charge in [0.05, 0.1) is 22.8 Å². The molecule has 1 amide bonds. The Morgan fingerprint density at radius 1 is 1.09 bits per heavy atom. The molecule has 0 aliphatic carbocycles. The first-order valence-corrected chi connectivity index (χ1v) is 12.4. The van der Waals surface area contributed by atoms with Gasteiger partial charge in [-0.15, -0.1) is 0 Å². The molecule has 11 heteroatoms. The third-order valence-corrected chi connectivity index (χ3v) is 7.36. The summed E-state index contributed by atoms with van der Waals surface area (Å²) in [4.78, 5) is 26.1. The lowest BCUT2D eigenvalue weighted by Crippen LogP contribution is -2.39. The van der Waals surface area contributed by atoms with Gasteiger partial charge in [-0.25, -0.2) is 13.1 Å². The van der Waals surface area contributed by atoms with Crippen molar-refractivity contribution in [3.63, 3.8) is 0 Å². The smallest absolute Gasteiger partial charge is 0.295 e. The number of anilines is 2. The second-order valence-corrected chi connectivity index (χ2v) is 9.90. The summed E-state index contributed by atoms with van der Waals surface area (Å²) < 4.78 is 40.8. The van der Waals surface area contributed by atoms with Gasteiger partial charge in [0.25, 0.3) is 5.56 Å². The monoisotopic (exact) mass is 486 g/mol. The average molecular weight is 487 g/mol. The van der Waals surface area contributed by atoms with E-state index in [0.717, 1.165) is 4.31 Å². The maximum Gasteiger partial charge on any atom is 0.295 e. The van der Waals surface area contributed by atoms with Crippen LogP contribution in [0, 0.1) is 6.92 Å². The first kappa shape index (κ1) is 23.4. The molecule has 0 atom stereocenters. The Balaban J connectivity index is 1.63. The minimum Gasteiger partial charge on any atom is -0.486 e. The number of carbonyl (C=O) groups excluding carboxylic acids is 1. The molecule has 0 saturated heterocycles. The maximum absolute atomic E-state index is 13.1. The van der Waals surface area contributed by atoms with Crippen molar-refractivity contribution >= 4 is 27.3 Å². The number of fused-ring (bicyclic) bond motifs is 1. The van der Waals surface area contributed by atoms with Gasteiger partial charge in [-0.2, -0.15) is 0 Å². The lowest BCUT2D eigenvalue weighted by atomic mass is 10.2. The largest absolute Gasteiger partial charge is 0.486 e. The summed E-state index contributed by atoms with van der Waals surface area (Å²) in [5, 5.41) is 2.61. The summed E-state index contributed by atoms with van der Waals surface area (Å²) in [5.41, 5.74) is 1.13. The Morgan fingerprint density at radius 2 is 1.76 bits per heavy atom. The highest BCUT2D eigenvalue weighted by Crippen LogP contribution is 2.34. The van der Waals surface area contributed by atoms with Gasteiger partial charge < -0.3 is 14.8 Å². The quantitative estimate of drug-likeness (QED) is 0.547. The van der Waals surface area contributed by atoms with Gasteiger partial charge in [0.1, 0.15) is 25.4 Å². The van der Waals surface area contributed by atoms with Crippen LogP contribution in [0.2, 0.25) is 0 Å². The molecular weight excluding hydrogens is 460 g/mol. The Hall–Kier alpha value is -3.73. The molecule has 0 fully saturated rings. The number of nitrogens with one attached hydrogen (secondary N) is 1. The van der Waals surface area contributed by atoms with E-state index < -0.39 is 28.0 Å². The topological polar surface area (TPSA) is 112 Å². The van der Waals surface area contributed by atoms with Crippen LogP contribution in [0.4, 0.5) is 11.4 Å². The van der Waals surface area contributed by atoms with E-state index in [-0.39, 0.29) is 17.1 Å². The SMILES string of the molecule is CCS(=O)(=O)N(CC(=O)Nc1c(C)n(C)n(-c2ccccc2)c1=O)c1ccc2c(c1)OCCO2. The molecule has 2 aromatic carbocycles. The van der Waals surface area contributed by atoms with Gasteiger partial charge in [-0.3, -0.25) is 18.6 Å². The van der Waals surface area contributed by atoms with Crippen molar-refractivity contribution in [3.8, 4) is 17.2 Å². The third kappa shape index (κ3) is 4.38. The number of sulfonamides is 1. The molecule has 3 aromatic rings. The zero-order valence-electron chi connectivity index (χ0n) is 19.1. The van der Waals surface area contributed by atoms with Crippen molar-refractivity contribution in [2.75, 3.05) is 35.1 Å². The van der Waals surface area contributed by atoms with Gasteiger partial charge in [-0.1, -0.05) is 18.2 Å². The summed E-state index contributed by atoms with van der Waals surface area (Å²) in [7, 11) is -2.10. The number of carbonyl (C=O) groups is 1. The van der Waals surface area contributed by atoms with E-state index in [9.17, 15) is 18.0 Å². The number of rotatable bonds is 7. The van der Waals surface area contributed by atoms with Crippen molar-refractivity contribution in [2.24, 2.45) is 7.05 Å². The van der Waals surface area contributed by atoms with Crippen LogP contribution in [0.3, 0.4) is 0 Å². The molecule has 1 aliphatic rings. The normalized spacial score (nSPS) is 12.9. The standard InChI is InChI=1S/C23H26N4O6S/c1-4-34(30,31)26(18-10-11-19-20(14-18)33-13-12-32-19)15-21(28)24-22-16(2)25(3)27(23(22)29)17-8-6-5-7-9-17/h5-11,14H,4,12-13,15H2,1-3H3,(H,24,28). The van der Waals surface area contributed by atoms with E-state index in [1.807, 2.05) is 18.2 Å². The summed E-state index contributed by atoms with van der Waals surface area (Å²) >= 11 is 0. The first-order valence-electron chi connectivity index (χ1n) is 10.8. The van der Waals surface area contributed by atoms with Gasteiger partial charge in [0.15, 0.2) is 11.5 Å². The molecule has 2 heterocycles. The molecule has 0 unspecified atom stereocenters. The molecule has 0 saturated carbocycles. The van der Waals surface area contributed by atoms with E-state index in [0.29, 0.717) is 36.1 Å². The lowest BCUT2D eigenvalue weighted by molar-refractivity contribution is -0.114. The fourth-order valence-electron chi connectivity index (χ4n) is 3.71. The van der Waals surface area contributed by atoms with Crippen molar-refractivity contribution in [3.05, 3.63) is 64.6 Å². The molecule has 1 aromatic heterocycles. The van der Waals surface area contributed by atoms with E-state index in [1.54, 1.807) is 42.9 Å². The number of para-hydroxylation sites is 1. The van der Waals surface area contributed by atoms with Crippen molar-refractivity contribution in [2.45, 2.75) is 13.8 Å². The molecule has 10 nitrogen and oxygen atoms in total. The highest BCUT2D eigenvalue weighted by atomic mass is 32.2. The van der Waals surface area contributed by atoms with E-state index in [4.69, 9.17) is 9.47 Å². The van der Waals surface area contributed by atoms with Crippen LogP contribution in [0.25, 0.3) is 5.69 Å². The lowest BCUT2D eigenvalue weighted by Gasteiger charge is -2.25. The van der Waals surface area contributed by atoms with Crippen LogP contribution in [-0.4, -0.2) is 49.2 Å². The average Bonchev–Trinajstić information content (AvgIpc) is 3.05. The Bertz CT molecular complexity index is 1380. The maximum atomic E-state index is 13.1. The van der Waals surface area contributed by atoms with Crippen LogP contribution in [0.5, 0.6) is 11.5 Å². The Morgan fingerprint density at radius 3 is 2.44 bits per heavy atom. The van der Waals surface area contributed by atoms with Crippen molar-refractivity contribution in [1.29, 1.82) is 0 Å². The zero-order chi connectivity index (χ0) is 24.5. The number of hydrogen-bond donors (Lipinski definition) is 1. The predicted octanol–water partition coefficient (Wildman–Crippen LogP) is 2.05. The van der Waals surface area contributed by atoms with Gasteiger partial charge in [0, 0.05) is 13.1 Å². The van der Waals surface area contributed by atoms with Crippen molar-refractivity contribution < 1.29 is 22.7 Å². The fraction of sp³-hybridized carbons (Fsp3) is 0.304. The van der Waals surface area contributed by atoms with Crippen molar-refractivity contribution in [1.82, 2.24) is 9.36 Å². The Kier molecular flexibility index (Phi) is 6.38. The van der Waals surface area contributed by atoms with Gasteiger partial charge >= 0.3 is 0 Å². The second-order valence-electron chi connectivity index (χ2n) is 7.72. The van der Waals surface area contributed by atoms with Crippen LogP contribution >= 0.6 is 0 Å². The molecule has 34 heavy (non-hydrogen) atoms. The molecule has 4 rings (SSSR count). The molecule has 0 radical (unpaired) electrons. The number of aromatic nitrogens is 2. The summed E-state index contributed by atoms with van der Waals surface area (Å²) in [6, 6.07) is 13.7. The van der Waals surface area contributed by atoms with Crippen LogP contribution < -0.4 is 24.7 Å². The van der Waals surface area contributed by atoms with Gasteiger partial charge in [0.2, 0.25) is 15.9 Å². The van der Waals surface area contributed by atoms with Crippen LogP contribution in [0.1, 0.15) is 12.6 Å². The number of ether oxygens (including phenoxy) is 2. The van der Waals surface area contributed by atoms with Crippen LogP contribution in [0.15, 0.2) is 53.3 Å². The molecule has 1 aliphatic heterocycles. The van der Waals surface area contributed by atoms with Crippen LogP contribution in [-0.2, 0) is 21.9 Å². The zero-order valence-corrected chi connectivity index (χ0v) is 20.0. The minimum absolute atomic E-state index is 0.0902. The minimum atomic E-state index is -3.81. The number of amides is 1. The molecule has 1 N–H and O–H groups in total. The van der Waals surface area contributed by atoms with E-state index in [1.165, 1.54) is 17.7 Å². The molecule has 0 spiro atoms. The summed E-state index contributed by atoms with van der Waals surface area (Å²) in [6.45, 7) is 3.45. The molecular formula is C23H26N4O6S. The van der Waals surface area contributed by atoms with Gasteiger partial charge in [-0.05, 0) is 38.1 Å². The fourth-order valence-corrected chi connectivity index (χ4v) is 4.78. The predicted molar refractivity (Wildman–Crippen MR) is 129 cm³/mol. The van der Waals surface area contributed by atoms with E-state index in [2.05, 4.69) is 5.32 Å². The highest BCUT2D eigenvalue weighted by Gasteiger charge is 2.27. The molecule has 0 bridgehead atoms.